The Morgan fingerprint density at radius 1 is 1.29 bits per heavy atom. The molecule has 0 bridgehead atoms. The number of ether oxygens (including phenoxy) is 2. The van der Waals surface area contributed by atoms with Crippen LogP contribution in [0.2, 0.25) is 0 Å². The fourth-order valence-corrected chi connectivity index (χ4v) is 6.04. The SMILES string of the molecule is C[C@@H]1COCCN1c1cc(C2(S(C)(=O)=O)CC2)n2ncc(-c3cccn3C(=O)OC(C)(C)C)c2n1. The number of anilines is 1. The molecule has 1 atom stereocenters. The Morgan fingerprint density at radius 2 is 2.03 bits per heavy atom. The van der Waals surface area contributed by atoms with Crippen LogP contribution in [-0.2, 0) is 24.1 Å². The summed E-state index contributed by atoms with van der Waals surface area (Å²) in [4.78, 5) is 20.0. The second-order valence-electron chi connectivity index (χ2n) is 10.4. The predicted octanol–water partition coefficient (Wildman–Crippen LogP) is 3.24. The molecule has 35 heavy (non-hydrogen) atoms. The van der Waals surface area contributed by atoms with Crippen LogP contribution in [0.25, 0.3) is 16.9 Å². The van der Waals surface area contributed by atoms with Crippen molar-refractivity contribution in [2.45, 2.75) is 56.9 Å². The molecule has 0 radical (unpaired) electrons. The molecule has 188 valence electrons. The van der Waals surface area contributed by atoms with Crippen molar-refractivity contribution in [3.8, 4) is 11.3 Å². The van der Waals surface area contributed by atoms with Crippen LogP contribution in [0, 0.1) is 0 Å². The normalized spacial score (nSPS) is 20.3. The van der Waals surface area contributed by atoms with E-state index >= 15 is 0 Å². The van der Waals surface area contributed by atoms with Crippen molar-refractivity contribution in [3.63, 3.8) is 0 Å². The van der Waals surface area contributed by atoms with Gasteiger partial charge in [-0.05, 0) is 52.7 Å². The molecule has 0 aromatic carbocycles. The summed E-state index contributed by atoms with van der Waals surface area (Å²) in [5, 5.41) is 4.56. The third kappa shape index (κ3) is 4.10. The topological polar surface area (TPSA) is 108 Å². The molecule has 1 saturated heterocycles. The summed E-state index contributed by atoms with van der Waals surface area (Å²) >= 11 is 0. The van der Waals surface area contributed by atoms with Crippen LogP contribution in [0.3, 0.4) is 0 Å². The zero-order valence-corrected chi connectivity index (χ0v) is 21.5. The lowest BCUT2D eigenvalue weighted by atomic mass is 10.2. The van der Waals surface area contributed by atoms with Gasteiger partial charge in [-0.25, -0.2) is 22.7 Å². The number of morpholine rings is 1. The van der Waals surface area contributed by atoms with Crippen LogP contribution >= 0.6 is 0 Å². The van der Waals surface area contributed by atoms with Crippen molar-refractivity contribution in [1.82, 2.24) is 19.2 Å². The number of carbonyl (C=O) groups is 1. The number of aromatic nitrogens is 4. The lowest BCUT2D eigenvalue weighted by Crippen LogP contribution is -2.44. The molecule has 1 saturated carbocycles. The van der Waals surface area contributed by atoms with E-state index < -0.39 is 26.3 Å². The monoisotopic (exact) mass is 501 g/mol. The minimum absolute atomic E-state index is 0.0805. The number of rotatable bonds is 4. The minimum Gasteiger partial charge on any atom is -0.443 e. The molecule has 0 amide bonds. The van der Waals surface area contributed by atoms with Crippen molar-refractivity contribution in [1.29, 1.82) is 0 Å². The number of sulfone groups is 1. The summed E-state index contributed by atoms with van der Waals surface area (Å²) in [6.45, 7) is 9.27. The molecule has 2 aliphatic rings. The maximum Gasteiger partial charge on any atom is 0.418 e. The zero-order valence-electron chi connectivity index (χ0n) is 20.7. The molecule has 4 heterocycles. The van der Waals surface area contributed by atoms with Gasteiger partial charge in [-0.3, -0.25) is 4.57 Å². The maximum absolute atomic E-state index is 12.9. The van der Waals surface area contributed by atoms with E-state index in [0.717, 1.165) is 0 Å². The molecule has 11 heteroatoms. The Labute approximate surface area is 204 Å². The Bertz CT molecular complexity index is 1400. The lowest BCUT2D eigenvalue weighted by molar-refractivity contribution is 0.0540. The van der Waals surface area contributed by atoms with E-state index in [1.54, 1.807) is 29.0 Å². The number of hydrogen-bond donors (Lipinski definition) is 0. The maximum atomic E-state index is 12.9. The van der Waals surface area contributed by atoms with Crippen molar-refractivity contribution in [2.24, 2.45) is 0 Å². The first-order valence-corrected chi connectivity index (χ1v) is 13.6. The van der Waals surface area contributed by atoms with Gasteiger partial charge in [-0.1, -0.05) is 0 Å². The Morgan fingerprint density at radius 3 is 2.66 bits per heavy atom. The summed E-state index contributed by atoms with van der Waals surface area (Å²) in [5.41, 5.74) is 1.63. The quantitative estimate of drug-likeness (QED) is 0.536. The lowest BCUT2D eigenvalue weighted by Gasteiger charge is -2.34. The van der Waals surface area contributed by atoms with Gasteiger partial charge in [0.05, 0.1) is 42.4 Å². The molecule has 0 N–H and O–H groups in total. The molecule has 1 aliphatic carbocycles. The average Bonchev–Trinajstić information content (AvgIpc) is 3.26. The van der Waals surface area contributed by atoms with Gasteiger partial charge in [0.15, 0.2) is 15.5 Å². The van der Waals surface area contributed by atoms with Crippen LogP contribution in [0.5, 0.6) is 0 Å². The Hall–Kier alpha value is -2.92. The standard InChI is InChI=1S/C24H31N5O5S/c1-16-15-33-12-11-27(16)20-13-19(24(8-9-24)35(5,31)32)29-21(26-20)17(14-25-29)18-7-6-10-28(18)22(30)34-23(2,3)4/h6-7,10,13-14,16H,8-9,11-12,15H2,1-5H3/t16-/m1/s1. The number of hydrogen-bond acceptors (Lipinski definition) is 8. The van der Waals surface area contributed by atoms with Gasteiger partial charge in [-0.15, -0.1) is 0 Å². The van der Waals surface area contributed by atoms with Gasteiger partial charge in [0.2, 0.25) is 0 Å². The second-order valence-corrected chi connectivity index (χ2v) is 12.7. The Kier molecular flexibility index (Phi) is 5.48. The van der Waals surface area contributed by atoms with Gasteiger partial charge < -0.3 is 14.4 Å². The highest BCUT2D eigenvalue weighted by molar-refractivity contribution is 7.91. The van der Waals surface area contributed by atoms with Crippen LogP contribution < -0.4 is 4.90 Å². The van der Waals surface area contributed by atoms with Crippen molar-refractivity contribution >= 4 is 27.4 Å². The van der Waals surface area contributed by atoms with Crippen molar-refractivity contribution < 1.29 is 22.7 Å². The van der Waals surface area contributed by atoms with Crippen LogP contribution in [0.4, 0.5) is 10.6 Å². The molecule has 10 nitrogen and oxygen atoms in total. The molecule has 0 unspecified atom stereocenters. The van der Waals surface area contributed by atoms with E-state index in [9.17, 15) is 13.2 Å². The summed E-state index contributed by atoms with van der Waals surface area (Å²) in [6.07, 6.45) is 5.11. The summed E-state index contributed by atoms with van der Waals surface area (Å²) in [5.74, 6) is 0.676. The van der Waals surface area contributed by atoms with E-state index in [-0.39, 0.29) is 6.04 Å². The molecule has 0 spiro atoms. The van der Waals surface area contributed by atoms with Gasteiger partial charge in [0.1, 0.15) is 16.2 Å². The number of fused-ring (bicyclic) bond motifs is 1. The first-order valence-electron chi connectivity index (χ1n) is 11.8. The second kappa shape index (κ2) is 8.06. The molecule has 3 aromatic rings. The van der Waals surface area contributed by atoms with Crippen LogP contribution in [-0.4, -0.2) is 71.3 Å². The highest BCUT2D eigenvalue weighted by Gasteiger charge is 2.56. The van der Waals surface area contributed by atoms with Crippen molar-refractivity contribution in [2.75, 3.05) is 30.9 Å². The smallest absolute Gasteiger partial charge is 0.418 e. The third-order valence-corrected chi connectivity index (χ3v) is 8.65. The number of nitrogens with zero attached hydrogens (tertiary/aromatic N) is 5. The summed E-state index contributed by atoms with van der Waals surface area (Å²) in [6, 6.07) is 5.50. The molecule has 5 rings (SSSR count). The third-order valence-electron chi connectivity index (χ3n) is 6.62. The molecule has 3 aromatic heterocycles. The highest BCUT2D eigenvalue weighted by atomic mass is 32.2. The van der Waals surface area contributed by atoms with E-state index in [1.807, 2.05) is 26.8 Å². The average molecular weight is 502 g/mol. The summed E-state index contributed by atoms with van der Waals surface area (Å²) < 4.78 is 38.9. The molecular weight excluding hydrogens is 470 g/mol. The van der Waals surface area contributed by atoms with Gasteiger partial charge >= 0.3 is 6.09 Å². The summed E-state index contributed by atoms with van der Waals surface area (Å²) in [7, 11) is -3.39. The fraction of sp³-hybridized carbons (Fsp3) is 0.542. The van der Waals surface area contributed by atoms with E-state index in [2.05, 4.69) is 16.9 Å². The molecular formula is C24H31N5O5S. The van der Waals surface area contributed by atoms with Gasteiger partial charge in [-0.2, -0.15) is 5.10 Å². The Balaban J connectivity index is 1.70. The highest BCUT2D eigenvalue weighted by Crippen LogP contribution is 2.53. The molecule has 1 aliphatic heterocycles. The minimum atomic E-state index is -3.39. The molecule has 2 fully saturated rings. The number of carbonyl (C=O) groups excluding carboxylic acids is 1. The predicted molar refractivity (Wildman–Crippen MR) is 131 cm³/mol. The zero-order chi connectivity index (χ0) is 25.2. The van der Waals surface area contributed by atoms with E-state index in [1.165, 1.54) is 10.8 Å². The fourth-order valence-electron chi connectivity index (χ4n) is 4.67. The first-order chi connectivity index (χ1) is 16.4. The van der Waals surface area contributed by atoms with Crippen molar-refractivity contribution in [3.05, 3.63) is 36.3 Å². The van der Waals surface area contributed by atoms with E-state index in [0.29, 0.717) is 61.0 Å². The van der Waals surface area contributed by atoms with Gasteiger partial charge in [0.25, 0.3) is 0 Å². The van der Waals surface area contributed by atoms with E-state index in [4.69, 9.17) is 14.5 Å². The van der Waals surface area contributed by atoms with Crippen LogP contribution in [0.15, 0.2) is 30.6 Å². The first kappa shape index (κ1) is 23.8. The van der Waals surface area contributed by atoms with Gasteiger partial charge in [0, 0.05) is 25.1 Å². The van der Waals surface area contributed by atoms with Crippen LogP contribution in [0.1, 0.15) is 46.2 Å². The largest absolute Gasteiger partial charge is 0.443 e.